The van der Waals surface area contributed by atoms with Gasteiger partial charge in [0.1, 0.15) is 5.75 Å². The van der Waals surface area contributed by atoms with Gasteiger partial charge in [0.25, 0.3) is 0 Å². The second kappa shape index (κ2) is 8.95. The van der Waals surface area contributed by atoms with Crippen LogP contribution in [0.15, 0.2) is 41.3 Å². The molecule has 1 aliphatic heterocycles. The largest absolute Gasteiger partial charge is 0.494 e. The summed E-state index contributed by atoms with van der Waals surface area (Å²) < 4.78 is 33.9. The Hall–Kier alpha value is -1.47. The monoisotopic (exact) mass is 470 g/mol. The fourth-order valence-corrected chi connectivity index (χ4v) is 5.44. The molecule has 0 radical (unpaired) electrons. The Labute approximate surface area is 189 Å². The number of halogens is 2. The lowest BCUT2D eigenvalue weighted by Gasteiger charge is -2.36. The van der Waals surface area contributed by atoms with Crippen molar-refractivity contribution in [1.82, 2.24) is 4.31 Å². The number of nitrogens with zero attached hydrogens (tertiary/aromatic N) is 2. The quantitative estimate of drug-likeness (QED) is 0.602. The highest BCUT2D eigenvalue weighted by Crippen LogP contribution is 2.35. The van der Waals surface area contributed by atoms with Crippen molar-refractivity contribution in [3.8, 4) is 5.75 Å². The van der Waals surface area contributed by atoms with Crippen LogP contribution in [-0.2, 0) is 15.4 Å². The Morgan fingerprint density at radius 3 is 2.27 bits per heavy atom. The summed E-state index contributed by atoms with van der Waals surface area (Å²) in [5.74, 6) is 0.726. The molecule has 0 amide bonds. The standard InChI is InChI=1S/C22H28Cl2N2O3S/c1-5-29-21-9-7-17(15-18(21)22(2,3)4)30(27,28)26-12-10-25(11-13-26)20-14-16(23)6-8-19(20)24/h6-9,14-15H,5,10-13H2,1-4H3. The highest BCUT2D eigenvalue weighted by molar-refractivity contribution is 7.89. The van der Waals surface area contributed by atoms with Gasteiger partial charge in [-0.15, -0.1) is 0 Å². The summed E-state index contributed by atoms with van der Waals surface area (Å²) in [6, 6.07) is 10.5. The lowest BCUT2D eigenvalue weighted by atomic mass is 9.86. The number of sulfonamides is 1. The van der Waals surface area contributed by atoms with Gasteiger partial charge in [-0.3, -0.25) is 0 Å². The predicted octanol–water partition coefficient (Wildman–Crippen LogP) is 5.20. The fraction of sp³-hybridized carbons (Fsp3) is 0.455. The zero-order chi connectivity index (χ0) is 22.1. The van der Waals surface area contributed by atoms with Crippen molar-refractivity contribution in [3.05, 3.63) is 52.0 Å². The summed E-state index contributed by atoms with van der Waals surface area (Å²) in [7, 11) is -3.61. The molecule has 164 valence electrons. The van der Waals surface area contributed by atoms with E-state index in [0.717, 1.165) is 17.0 Å². The van der Waals surface area contributed by atoms with Crippen LogP contribution in [-0.4, -0.2) is 45.5 Å². The Kier molecular flexibility index (Phi) is 6.92. The van der Waals surface area contributed by atoms with Gasteiger partial charge in [0.2, 0.25) is 10.0 Å². The summed E-state index contributed by atoms with van der Waals surface area (Å²) in [5, 5.41) is 1.21. The van der Waals surface area contributed by atoms with Crippen LogP contribution in [0.2, 0.25) is 10.0 Å². The van der Waals surface area contributed by atoms with Crippen molar-refractivity contribution in [2.45, 2.75) is 38.0 Å². The van der Waals surface area contributed by atoms with Crippen molar-refractivity contribution in [2.24, 2.45) is 0 Å². The molecule has 0 saturated carbocycles. The van der Waals surface area contributed by atoms with Gasteiger partial charge < -0.3 is 9.64 Å². The average molecular weight is 471 g/mol. The molecule has 0 unspecified atom stereocenters. The Morgan fingerprint density at radius 2 is 1.67 bits per heavy atom. The molecular weight excluding hydrogens is 443 g/mol. The summed E-state index contributed by atoms with van der Waals surface area (Å²) in [6.07, 6.45) is 0. The maximum atomic E-state index is 13.3. The second-order valence-corrected chi connectivity index (χ2v) is 11.1. The number of hydrogen-bond acceptors (Lipinski definition) is 4. The molecule has 2 aromatic carbocycles. The van der Waals surface area contributed by atoms with Gasteiger partial charge in [-0.1, -0.05) is 44.0 Å². The van der Waals surface area contributed by atoms with Crippen LogP contribution in [0.3, 0.4) is 0 Å². The van der Waals surface area contributed by atoms with Crippen LogP contribution < -0.4 is 9.64 Å². The van der Waals surface area contributed by atoms with E-state index >= 15 is 0 Å². The van der Waals surface area contributed by atoms with Gasteiger partial charge in [0.15, 0.2) is 0 Å². The molecule has 0 bridgehead atoms. The minimum atomic E-state index is -3.61. The van der Waals surface area contributed by atoms with Crippen LogP contribution in [0.4, 0.5) is 5.69 Å². The summed E-state index contributed by atoms with van der Waals surface area (Å²) in [5.41, 5.74) is 1.48. The molecule has 1 saturated heterocycles. The van der Waals surface area contributed by atoms with Crippen LogP contribution >= 0.6 is 23.2 Å². The average Bonchev–Trinajstić information content (AvgIpc) is 2.69. The third kappa shape index (κ3) is 4.88. The van der Waals surface area contributed by atoms with E-state index in [9.17, 15) is 8.42 Å². The first-order valence-electron chi connectivity index (χ1n) is 10.0. The smallest absolute Gasteiger partial charge is 0.243 e. The first kappa shape index (κ1) is 23.2. The third-order valence-corrected chi connectivity index (χ3v) is 7.63. The van der Waals surface area contributed by atoms with Gasteiger partial charge in [0.05, 0.1) is 22.2 Å². The normalized spacial score (nSPS) is 16.0. The topological polar surface area (TPSA) is 49.9 Å². The van der Waals surface area contributed by atoms with Gasteiger partial charge in [0, 0.05) is 36.8 Å². The Balaban J connectivity index is 1.82. The molecular formula is C22H28Cl2N2O3S. The second-order valence-electron chi connectivity index (χ2n) is 8.33. The van der Waals surface area contributed by atoms with Crippen LogP contribution in [0, 0.1) is 0 Å². The third-order valence-electron chi connectivity index (χ3n) is 5.18. The first-order valence-corrected chi connectivity index (χ1v) is 12.2. The van der Waals surface area contributed by atoms with E-state index in [-0.39, 0.29) is 5.41 Å². The summed E-state index contributed by atoms with van der Waals surface area (Å²) >= 11 is 12.4. The first-order chi connectivity index (χ1) is 14.0. The van der Waals surface area contributed by atoms with Gasteiger partial charge >= 0.3 is 0 Å². The summed E-state index contributed by atoms with van der Waals surface area (Å²) in [4.78, 5) is 2.36. The van der Waals surface area contributed by atoms with Crippen LogP contribution in [0.1, 0.15) is 33.3 Å². The summed E-state index contributed by atoms with van der Waals surface area (Å²) in [6.45, 7) is 10.4. The van der Waals surface area contributed by atoms with Crippen molar-refractivity contribution >= 4 is 38.9 Å². The fourth-order valence-electron chi connectivity index (χ4n) is 3.58. The van der Waals surface area contributed by atoms with E-state index in [2.05, 4.69) is 25.7 Å². The molecule has 2 aromatic rings. The Bertz CT molecular complexity index is 1010. The van der Waals surface area contributed by atoms with Crippen LogP contribution in [0.25, 0.3) is 0 Å². The SMILES string of the molecule is CCOc1ccc(S(=O)(=O)N2CCN(c3cc(Cl)ccc3Cl)CC2)cc1C(C)(C)C. The zero-order valence-corrected chi connectivity index (χ0v) is 20.1. The van der Waals surface area contributed by atoms with Crippen molar-refractivity contribution < 1.29 is 13.2 Å². The molecule has 0 aliphatic carbocycles. The minimum Gasteiger partial charge on any atom is -0.494 e. The highest BCUT2D eigenvalue weighted by atomic mass is 35.5. The molecule has 1 aliphatic rings. The molecule has 0 aromatic heterocycles. The van der Waals surface area contributed by atoms with E-state index < -0.39 is 10.0 Å². The molecule has 3 rings (SSSR count). The number of benzene rings is 2. The minimum absolute atomic E-state index is 0.238. The van der Waals surface area contributed by atoms with E-state index in [1.165, 1.54) is 4.31 Å². The Morgan fingerprint density at radius 1 is 1.00 bits per heavy atom. The maximum Gasteiger partial charge on any atom is 0.243 e. The van der Waals surface area contributed by atoms with Gasteiger partial charge in [-0.25, -0.2) is 8.42 Å². The van der Waals surface area contributed by atoms with Gasteiger partial charge in [-0.05, 0) is 48.7 Å². The zero-order valence-electron chi connectivity index (χ0n) is 17.8. The van der Waals surface area contributed by atoms with Crippen LogP contribution in [0.5, 0.6) is 5.75 Å². The molecule has 1 fully saturated rings. The molecule has 30 heavy (non-hydrogen) atoms. The lowest BCUT2D eigenvalue weighted by Crippen LogP contribution is -2.48. The lowest BCUT2D eigenvalue weighted by molar-refractivity contribution is 0.329. The number of rotatable bonds is 5. The number of piperazine rings is 1. The number of ether oxygens (including phenoxy) is 1. The molecule has 0 atom stereocenters. The predicted molar refractivity (Wildman–Crippen MR) is 124 cm³/mol. The van der Waals surface area contributed by atoms with E-state index in [1.807, 2.05) is 13.0 Å². The van der Waals surface area contributed by atoms with Crippen molar-refractivity contribution in [2.75, 3.05) is 37.7 Å². The van der Waals surface area contributed by atoms with E-state index in [1.54, 1.807) is 30.3 Å². The molecule has 1 heterocycles. The maximum absolute atomic E-state index is 13.3. The highest BCUT2D eigenvalue weighted by Gasteiger charge is 2.31. The number of anilines is 1. The van der Waals surface area contributed by atoms with Crippen molar-refractivity contribution in [3.63, 3.8) is 0 Å². The molecule has 0 N–H and O–H groups in total. The van der Waals surface area contributed by atoms with E-state index in [0.29, 0.717) is 47.7 Å². The van der Waals surface area contributed by atoms with Gasteiger partial charge in [-0.2, -0.15) is 4.31 Å². The molecule has 0 spiro atoms. The molecule has 8 heteroatoms. The number of hydrogen-bond donors (Lipinski definition) is 0. The molecule has 5 nitrogen and oxygen atoms in total. The van der Waals surface area contributed by atoms with E-state index in [4.69, 9.17) is 27.9 Å². The van der Waals surface area contributed by atoms with Crippen molar-refractivity contribution in [1.29, 1.82) is 0 Å².